The van der Waals surface area contributed by atoms with Gasteiger partial charge in [-0.05, 0) is 18.1 Å². The quantitative estimate of drug-likeness (QED) is 0.837. The van der Waals surface area contributed by atoms with Crippen LogP contribution in [0.3, 0.4) is 0 Å². The van der Waals surface area contributed by atoms with Crippen molar-refractivity contribution >= 4 is 15.7 Å². The summed E-state index contributed by atoms with van der Waals surface area (Å²) in [6.45, 7) is 4.54. The van der Waals surface area contributed by atoms with Crippen molar-refractivity contribution in [3.05, 3.63) is 24.3 Å². The van der Waals surface area contributed by atoms with Crippen molar-refractivity contribution in [1.82, 2.24) is 4.31 Å². The standard InChI is InChI=1S/C14H21N3O2S/c1-12(2)11-17(10-6-9-15)20(18,19)14-8-5-4-7-13(14)16-3/h4-5,7-8,12,16H,6,10-11H2,1-3H3. The van der Waals surface area contributed by atoms with E-state index in [4.69, 9.17) is 5.26 Å². The van der Waals surface area contributed by atoms with E-state index < -0.39 is 10.0 Å². The first-order valence-electron chi connectivity index (χ1n) is 6.57. The van der Waals surface area contributed by atoms with Crippen LogP contribution in [0.5, 0.6) is 0 Å². The van der Waals surface area contributed by atoms with E-state index in [1.54, 1.807) is 31.3 Å². The van der Waals surface area contributed by atoms with Crippen LogP contribution in [-0.2, 0) is 10.0 Å². The molecule has 5 nitrogen and oxygen atoms in total. The van der Waals surface area contributed by atoms with Gasteiger partial charge >= 0.3 is 0 Å². The number of nitriles is 1. The second-order valence-electron chi connectivity index (χ2n) is 4.91. The topological polar surface area (TPSA) is 73.2 Å². The molecule has 0 aliphatic heterocycles. The molecule has 0 saturated heterocycles. The third-order valence-corrected chi connectivity index (χ3v) is 4.74. The molecule has 0 aromatic heterocycles. The molecule has 0 spiro atoms. The normalized spacial score (nSPS) is 11.6. The van der Waals surface area contributed by atoms with Crippen LogP contribution in [0.2, 0.25) is 0 Å². The van der Waals surface area contributed by atoms with Gasteiger partial charge in [0.1, 0.15) is 4.90 Å². The summed E-state index contributed by atoms with van der Waals surface area (Å²) in [4.78, 5) is 0.251. The molecule has 0 saturated carbocycles. The van der Waals surface area contributed by atoms with Crippen molar-refractivity contribution in [2.75, 3.05) is 25.5 Å². The number of nitrogens with one attached hydrogen (secondary N) is 1. The van der Waals surface area contributed by atoms with Crippen LogP contribution in [0.15, 0.2) is 29.2 Å². The molecule has 0 atom stereocenters. The number of nitrogens with zero attached hydrogens (tertiary/aromatic N) is 2. The molecule has 1 rings (SSSR count). The lowest BCUT2D eigenvalue weighted by Crippen LogP contribution is -2.35. The summed E-state index contributed by atoms with van der Waals surface area (Å²) in [5, 5.41) is 11.6. The Labute approximate surface area is 121 Å². The third kappa shape index (κ3) is 3.95. The number of hydrogen-bond donors (Lipinski definition) is 1. The van der Waals surface area contributed by atoms with Crippen molar-refractivity contribution in [1.29, 1.82) is 5.26 Å². The van der Waals surface area contributed by atoms with E-state index in [1.165, 1.54) is 4.31 Å². The van der Waals surface area contributed by atoms with Gasteiger partial charge in [0.2, 0.25) is 10.0 Å². The summed E-state index contributed by atoms with van der Waals surface area (Å²) in [5.74, 6) is 0.199. The van der Waals surface area contributed by atoms with Gasteiger partial charge in [0.15, 0.2) is 0 Å². The van der Waals surface area contributed by atoms with Crippen molar-refractivity contribution in [2.24, 2.45) is 5.92 Å². The minimum atomic E-state index is -3.59. The van der Waals surface area contributed by atoms with Gasteiger partial charge in [-0.1, -0.05) is 26.0 Å². The van der Waals surface area contributed by atoms with Crippen LogP contribution in [0, 0.1) is 17.2 Å². The molecule has 0 fully saturated rings. The molecule has 0 bridgehead atoms. The molecule has 110 valence electrons. The van der Waals surface area contributed by atoms with E-state index in [1.807, 2.05) is 19.9 Å². The summed E-state index contributed by atoms with van der Waals surface area (Å²) in [7, 11) is -1.90. The van der Waals surface area contributed by atoms with Crippen LogP contribution in [-0.4, -0.2) is 32.9 Å². The molecule has 1 aromatic rings. The SMILES string of the molecule is CNc1ccccc1S(=O)(=O)N(CCC#N)CC(C)C. The van der Waals surface area contributed by atoms with Crippen molar-refractivity contribution in [3.8, 4) is 6.07 Å². The number of benzene rings is 1. The molecule has 1 N–H and O–H groups in total. The molecule has 1 aromatic carbocycles. The monoisotopic (exact) mass is 295 g/mol. The Morgan fingerprint density at radius 3 is 2.55 bits per heavy atom. The van der Waals surface area contributed by atoms with Gasteiger partial charge < -0.3 is 5.32 Å². The van der Waals surface area contributed by atoms with Crippen LogP contribution in [0.25, 0.3) is 0 Å². The first-order valence-corrected chi connectivity index (χ1v) is 8.01. The second kappa shape index (κ2) is 7.27. The van der Waals surface area contributed by atoms with Crippen LogP contribution in [0.1, 0.15) is 20.3 Å². The molecule has 20 heavy (non-hydrogen) atoms. The maximum atomic E-state index is 12.7. The van der Waals surface area contributed by atoms with E-state index in [0.29, 0.717) is 12.2 Å². The highest BCUT2D eigenvalue weighted by atomic mass is 32.2. The highest BCUT2D eigenvalue weighted by Crippen LogP contribution is 2.24. The summed E-state index contributed by atoms with van der Waals surface area (Å²) in [5.41, 5.74) is 0.568. The van der Waals surface area contributed by atoms with Gasteiger partial charge in [0.25, 0.3) is 0 Å². The number of sulfonamides is 1. The lowest BCUT2D eigenvalue weighted by molar-refractivity contribution is 0.373. The average molecular weight is 295 g/mol. The molecular weight excluding hydrogens is 274 g/mol. The highest BCUT2D eigenvalue weighted by Gasteiger charge is 2.26. The summed E-state index contributed by atoms with van der Waals surface area (Å²) >= 11 is 0. The zero-order valence-electron chi connectivity index (χ0n) is 12.1. The number of para-hydroxylation sites is 1. The predicted molar refractivity (Wildman–Crippen MR) is 79.8 cm³/mol. The van der Waals surface area contributed by atoms with E-state index in [9.17, 15) is 8.42 Å². The van der Waals surface area contributed by atoms with Crippen molar-refractivity contribution < 1.29 is 8.42 Å². The number of hydrogen-bond acceptors (Lipinski definition) is 4. The molecule has 0 radical (unpaired) electrons. The Morgan fingerprint density at radius 2 is 2.00 bits per heavy atom. The fourth-order valence-corrected chi connectivity index (χ4v) is 3.73. The first-order chi connectivity index (χ1) is 9.43. The first kappa shape index (κ1) is 16.5. The third-order valence-electron chi connectivity index (χ3n) is 2.82. The van der Waals surface area contributed by atoms with Gasteiger partial charge in [0, 0.05) is 26.6 Å². The van der Waals surface area contributed by atoms with Gasteiger partial charge in [-0.2, -0.15) is 9.57 Å². The Bertz CT molecular complexity index is 576. The number of rotatable bonds is 7. The molecule has 0 amide bonds. The highest BCUT2D eigenvalue weighted by molar-refractivity contribution is 7.89. The van der Waals surface area contributed by atoms with Crippen molar-refractivity contribution in [2.45, 2.75) is 25.2 Å². The average Bonchev–Trinajstić information content (AvgIpc) is 2.42. The van der Waals surface area contributed by atoms with Gasteiger partial charge in [0.05, 0.1) is 11.8 Å². The predicted octanol–water partition coefficient (Wildman–Crippen LogP) is 2.29. The molecule has 6 heteroatoms. The fraction of sp³-hybridized carbons (Fsp3) is 0.500. The van der Waals surface area contributed by atoms with Gasteiger partial charge in [-0.3, -0.25) is 0 Å². The molecule has 0 unspecified atom stereocenters. The minimum absolute atomic E-state index is 0.188. The van der Waals surface area contributed by atoms with E-state index >= 15 is 0 Å². The molecule has 0 heterocycles. The minimum Gasteiger partial charge on any atom is -0.387 e. The smallest absolute Gasteiger partial charge is 0.245 e. The Hall–Kier alpha value is -1.58. The molecular formula is C14H21N3O2S. The van der Waals surface area contributed by atoms with Gasteiger partial charge in [-0.25, -0.2) is 8.42 Å². The number of anilines is 1. The zero-order valence-corrected chi connectivity index (χ0v) is 12.9. The van der Waals surface area contributed by atoms with Crippen molar-refractivity contribution in [3.63, 3.8) is 0 Å². The summed E-state index contributed by atoms with van der Waals surface area (Å²) in [6.07, 6.45) is 0.188. The van der Waals surface area contributed by atoms with Gasteiger partial charge in [-0.15, -0.1) is 0 Å². The summed E-state index contributed by atoms with van der Waals surface area (Å²) < 4.78 is 26.8. The fourth-order valence-electron chi connectivity index (χ4n) is 1.93. The van der Waals surface area contributed by atoms with Crippen LogP contribution < -0.4 is 5.32 Å². The lowest BCUT2D eigenvalue weighted by Gasteiger charge is -2.24. The summed E-state index contributed by atoms with van der Waals surface area (Å²) in [6, 6.07) is 8.80. The second-order valence-corrected chi connectivity index (χ2v) is 6.82. The van der Waals surface area contributed by atoms with E-state index in [0.717, 1.165) is 0 Å². The maximum absolute atomic E-state index is 12.7. The zero-order chi connectivity index (χ0) is 15.2. The van der Waals surface area contributed by atoms with Crippen LogP contribution >= 0.6 is 0 Å². The van der Waals surface area contributed by atoms with Crippen LogP contribution in [0.4, 0.5) is 5.69 Å². The maximum Gasteiger partial charge on any atom is 0.245 e. The Kier molecular flexibility index (Phi) is 5.99. The lowest BCUT2D eigenvalue weighted by atomic mass is 10.2. The van der Waals surface area contributed by atoms with E-state index in [2.05, 4.69) is 5.32 Å². The Balaban J connectivity index is 3.18. The molecule has 0 aliphatic rings. The largest absolute Gasteiger partial charge is 0.387 e. The molecule has 0 aliphatic carbocycles. The van der Waals surface area contributed by atoms with E-state index in [-0.39, 0.29) is 23.8 Å². The Morgan fingerprint density at radius 1 is 1.35 bits per heavy atom.